The van der Waals surface area contributed by atoms with Crippen LogP contribution in [0.1, 0.15) is 25.7 Å². The molecule has 98 valence electrons. The van der Waals surface area contributed by atoms with Crippen molar-refractivity contribution in [1.82, 2.24) is 9.78 Å². The number of Topliss-reactive ketones (excluding diaryl/α,β-unsaturated/α-hetero) is 1. The highest BCUT2D eigenvalue weighted by molar-refractivity contribution is 5.82. The van der Waals surface area contributed by atoms with Crippen molar-refractivity contribution in [3.05, 3.63) is 40.8 Å². The van der Waals surface area contributed by atoms with Gasteiger partial charge in [0.2, 0.25) is 0 Å². The van der Waals surface area contributed by atoms with Crippen LogP contribution in [0.3, 0.4) is 0 Å². The quantitative estimate of drug-likeness (QED) is 0.845. The van der Waals surface area contributed by atoms with Crippen molar-refractivity contribution >= 4 is 16.6 Å². The third-order valence-corrected chi connectivity index (χ3v) is 3.88. The van der Waals surface area contributed by atoms with Gasteiger partial charge in [0.1, 0.15) is 6.54 Å². The van der Waals surface area contributed by atoms with E-state index in [1.54, 1.807) is 12.3 Å². The third-order valence-electron chi connectivity index (χ3n) is 3.88. The van der Waals surface area contributed by atoms with E-state index in [0.29, 0.717) is 5.39 Å². The maximum Gasteiger partial charge on any atom is 0.275 e. The summed E-state index contributed by atoms with van der Waals surface area (Å²) in [7, 11) is 0. The molecule has 1 saturated carbocycles. The van der Waals surface area contributed by atoms with Crippen molar-refractivity contribution < 1.29 is 4.79 Å². The van der Waals surface area contributed by atoms with Crippen LogP contribution in [0, 0.1) is 5.92 Å². The fourth-order valence-corrected chi connectivity index (χ4v) is 2.76. The van der Waals surface area contributed by atoms with Crippen LogP contribution in [0.2, 0.25) is 0 Å². The number of ketones is 1. The third kappa shape index (κ3) is 2.30. The Kier molecular flexibility index (Phi) is 3.15. The molecule has 1 heterocycles. The minimum atomic E-state index is -0.176. The van der Waals surface area contributed by atoms with E-state index in [-0.39, 0.29) is 23.8 Å². The number of nitrogens with zero attached hydrogens (tertiary/aromatic N) is 2. The summed E-state index contributed by atoms with van der Waals surface area (Å²) in [6.45, 7) is 0.105. The highest BCUT2D eigenvalue weighted by Gasteiger charge is 2.23. The fraction of sp³-hybridized carbons (Fsp3) is 0.400. The molecule has 4 heteroatoms. The van der Waals surface area contributed by atoms with Crippen molar-refractivity contribution in [3.63, 3.8) is 0 Å². The predicted molar refractivity (Wildman–Crippen MR) is 73.0 cm³/mol. The minimum absolute atomic E-state index is 0.105. The molecule has 4 nitrogen and oxygen atoms in total. The Labute approximate surface area is 111 Å². The molecule has 19 heavy (non-hydrogen) atoms. The number of benzene rings is 1. The molecule has 0 amide bonds. The number of aromatic nitrogens is 2. The van der Waals surface area contributed by atoms with E-state index in [9.17, 15) is 9.59 Å². The summed E-state index contributed by atoms with van der Waals surface area (Å²) < 4.78 is 1.29. The number of carbonyl (C=O) groups is 1. The lowest BCUT2D eigenvalue weighted by Crippen LogP contribution is -2.29. The molecule has 0 saturated heterocycles. The number of fused-ring (bicyclic) bond motifs is 1. The Balaban J connectivity index is 1.91. The van der Waals surface area contributed by atoms with Crippen LogP contribution in [-0.2, 0) is 11.3 Å². The summed E-state index contributed by atoms with van der Waals surface area (Å²) in [4.78, 5) is 24.3. The number of carbonyl (C=O) groups excluding carboxylic acids is 1. The molecule has 0 N–H and O–H groups in total. The van der Waals surface area contributed by atoms with Crippen molar-refractivity contribution in [2.75, 3.05) is 0 Å². The number of rotatable bonds is 3. The maximum atomic E-state index is 12.2. The van der Waals surface area contributed by atoms with E-state index in [2.05, 4.69) is 5.10 Å². The summed E-state index contributed by atoms with van der Waals surface area (Å²) in [6.07, 6.45) is 5.81. The van der Waals surface area contributed by atoms with Crippen LogP contribution in [-0.4, -0.2) is 15.6 Å². The molecule has 1 aliphatic carbocycles. The molecule has 0 spiro atoms. The van der Waals surface area contributed by atoms with Crippen molar-refractivity contribution in [3.8, 4) is 0 Å². The molecule has 0 atom stereocenters. The molecule has 1 aliphatic rings. The first-order chi connectivity index (χ1) is 9.25. The second kappa shape index (κ2) is 4.96. The van der Waals surface area contributed by atoms with Crippen LogP contribution in [0.5, 0.6) is 0 Å². The van der Waals surface area contributed by atoms with Crippen molar-refractivity contribution in [2.24, 2.45) is 5.92 Å². The van der Waals surface area contributed by atoms with E-state index >= 15 is 0 Å². The van der Waals surface area contributed by atoms with Gasteiger partial charge in [-0.2, -0.15) is 5.10 Å². The second-order valence-electron chi connectivity index (χ2n) is 5.14. The molecule has 1 fully saturated rings. The zero-order chi connectivity index (χ0) is 13.2. The monoisotopic (exact) mass is 256 g/mol. The highest BCUT2D eigenvalue weighted by atomic mass is 16.1. The normalized spacial score (nSPS) is 16.0. The Morgan fingerprint density at radius 1 is 1.26 bits per heavy atom. The van der Waals surface area contributed by atoms with Gasteiger partial charge in [0.25, 0.3) is 5.56 Å². The van der Waals surface area contributed by atoms with E-state index in [1.165, 1.54) is 4.68 Å². The van der Waals surface area contributed by atoms with Gasteiger partial charge in [-0.25, -0.2) is 4.68 Å². The predicted octanol–water partition coefficient (Wildman–Crippen LogP) is 2.16. The Hall–Kier alpha value is -1.97. The lowest BCUT2D eigenvalue weighted by molar-refractivity contribution is -0.123. The maximum absolute atomic E-state index is 12.2. The van der Waals surface area contributed by atoms with Gasteiger partial charge in [0.15, 0.2) is 5.78 Å². The summed E-state index contributed by atoms with van der Waals surface area (Å²) >= 11 is 0. The van der Waals surface area contributed by atoms with Crippen LogP contribution in [0.15, 0.2) is 35.3 Å². The topological polar surface area (TPSA) is 52.0 Å². The summed E-state index contributed by atoms with van der Waals surface area (Å²) in [5, 5.41) is 5.54. The Bertz CT molecular complexity index is 669. The van der Waals surface area contributed by atoms with Gasteiger partial charge < -0.3 is 0 Å². The Morgan fingerprint density at radius 2 is 2.00 bits per heavy atom. The smallest absolute Gasteiger partial charge is 0.275 e. The van der Waals surface area contributed by atoms with Crippen LogP contribution in [0.25, 0.3) is 10.8 Å². The fourth-order valence-electron chi connectivity index (χ4n) is 2.76. The first kappa shape index (κ1) is 12.1. The average Bonchev–Trinajstić information content (AvgIpc) is 2.96. The SMILES string of the molecule is O=C(Cn1ncc2ccccc2c1=O)C1CCCC1. The molecule has 1 aromatic carbocycles. The van der Waals surface area contributed by atoms with E-state index < -0.39 is 0 Å². The molecule has 0 aliphatic heterocycles. The zero-order valence-electron chi connectivity index (χ0n) is 10.7. The average molecular weight is 256 g/mol. The second-order valence-corrected chi connectivity index (χ2v) is 5.14. The minimum Gasteiger partial charge on any atom is -0.297 e. The van der Waals surface area contributed by atoms with Gasteiger partial charge in [-0.15, -0.1) is 0 Å². The van der Waals surface area contributed by atoms with E-state index in [4.69, 9.17) is 0 Å². The van der Waals surface area contributed by atoms with E-state index in [1.807, 2.05) is 18.2 Å². The Morgan fingerprint density at radius 3 is 2.79 bits per heavy atom. The van der Waals surface area contributed by atoms with Gasteiger partial charge in [0.05, 0.1) is 11.6 Å². The number of hydrogen-bond donors (Lipinski definition) is 0. The summed E-state index contributed by atoms with van der Waals surface area (Å²) in [5.41, 5.74) is -0.176. The molecular weight excluding hydrogens is 240 g/mol. The van der Waals surface area contributed by atoms with Crippen LogP contribution >= 0.6 is 0 Å². The van der Waals surface area contributed by atoms with Gasteiger partial charge in [-0.05, 0) is 18.9 Å². The van der Waals surface area contributed by atoms with Crippen molar-refractivity contribution in [1.29, 1.82) is 0 Å². The van der Waals surface area contributed by atoms with E-state index in [0.717, 1.165) is 31.1 Å². The van der Waals surface area contributed by atoms with Crippen LogP contribution in [0.4, 0.5) is 0 Å². The standard InChI is InChI=1S/C15H16N2O2/c18-14(11-5-1-2-6-11)10-17-15(19)13-8-4-3-7-12(13)9-16-17/h3-4,7-9,11H,1-2,5-6,10H2. The summed E-state index contributed by atoms with van der Waals surface area (Å²) in [5.74, 6) is 0.266. The van der Waals surface area contributed by atoms with Gasteiger partial charge in [-0.3, -0.25) is 9.59 Å². The number of hydrogen-bond acceptors (Lipinski definition) is 3. The molecular formula is C15H16N2O2. The summed E-state index contributed by atoms with van der Waals surface area (Å²) in [6, 6.07) is 7.33. The largest absolute Gasteiger partial charge is 0.297 e. The first-order valence-corrected chi connectivity index (χ1v) is 6.73. The molecule has 1 aromatic heterocycles. The molecule has 2 aromatic rings. The highest BCUT2D eigenvalue weighted by Crippen LogP contribution is 2.25. The molecule has 0 unspecified atom stereocenters. The molecule has 0 bridgehead atoms. The first-order valence-electron chi connectivity index (χ1n) is 6.73. The lowest BCUT2D eigenvalue weighted by Gasteiger charge is -2.09. The van der Waals surface area contributed by atoms with Gasteiger partial charge in [0, 0.05) is 11.3 Å². The van der Waals surface area contributed by atoms with Gasteiger partial charge >= 0.3 is 0 Å². The van der Waals surface area contributed by atoms with Crippen LogP contribution < -0.4 is 5.56 Å². The zero-order valence-corrected chi connectivity index (χ0v) is 10.7. The van der Waals surface area contributed by atoms with Crippen molar-refractivity contribution in [2.45, 2.75) is 32.2 Å². The molecule has 3 rings (SSSR count). The lowest BCUT2D eigenvalue weighted by atomic mass is 10.0. The van der Waals surface area contributed by atoms with Gasteiger partial charge in [-0.1, -0.05) is 31.0 Å². The molecule has 0 radical (unpaired) electrons.